The molecule has 1 amide bonds. The monoisotopic (exact) mass is 426 g/mol. The Hall–Kier alpha value is -2.90. The van der Waals surface area contributed by atoms with Crippen LogP contribution in [0.3, 0.4) is 0 Å². The van der Waals surface area contributed by atoms with Crippen LogP contribution in [0.2, 0.25) is 0 Å². The molecule has 0 bridgehead atoms. The number of amides is 1. The number of ether oxygens (including phenoxy) is 1. The SMILES string of the molecule is CC(=O)N[C@@H]1C[C@@H]2CN(Cc3cccc(Oc4ccccc4)c3)C[C@@H]2C[C@H]1O.O=CO. The molecule has 166 valence electrons. The van der Waals surface area contributed by atoms with E-state index < -0.39 is 6.10 Å². The van der Waals surface area contributed by atoms with Crippen molar-refractivity contribution in [3.8, 4) is 11.5 Å². The van der Waals surface area contributed by atoms with Crippen LogP contribution in [0.5, 0.6) is 11.5 Å². The molecule has 2 aromatic rings. The van der Waals surface area contributed by atoms with E-state index in [0.29, 0.717) is 11.8 Å². The van der Waals surface area contributed by atoms with Crippen LogP contribution in [0.15, 0.2) is 54.6 Å². The van der Waals surface area contributed by atoms with Gasteiger partial charge in [0.2, 0.25) is 5.91 Å². The zero-order valence-corrected chi connectivity index (χ0v) is 17.7. The van der Waals surface area contributed by atoms with Crippen LogP contribution in [-0.4, -0.2) is 52.7 Å². The summed E-state index contributed by atoms with van der Waals surface area (Å²) in [5.41, 5.74) is 1.23. The molecule has 2 fully saturated rings. The molecule has 0 unspecified atom stereocenters. The summed E-state index contributed by atoms with van der Waals surface area (Å²) in [6.45, 7) is 4.15. The lowest BCUT2D eigenvalue weighted by molar-refractivity contribution is -0.123. The largest absolute Gasteiger partial charge is 0.483 e. The van der Waals surface area contributed by atoms with Gasteiger partial charge in [-0.25, -0.2) is 0 Å². The first-order valence-electron chi connectivity index (χ1n) is 10.6. The number of aliphatic hydroxyl groups is 1. The molecule has 2 aromatic carbocycles. The second-order valence-electron chi connectivity index (χ2n) is 8.23. The summed E-state index contributed by atoms with van der Waals surface area (Å²) in [7, 11) is 0. The van der Waals surface area contributed by atoms with Gasteiger partial charge >= 0.3 is 0 Å². The minimum absolute atomic E-state index is 0.0624. The zero-order valence-electron chi connectivity index (χ0n) is 17.7. The molecule has 1 aliphatic carbocycles. The number of nitrogens with zero attached hydrogens (tertiary/aromatic N) is 1. The van der Waals surface area contributed by atoms with Gasteiger partial charge < -0.3 is 20.3 Å². The third-order valence-electron chi connectivity index (χ3n) is 5.89. The van der Waals surface area contributed by atoms with E-state index in [-0.39, 0.29) is 18.4 Å². The molecule has 31 heavy (non-hydrogen) atoms. The van der Waals surface area contributed by atoms with Crippen LogP contribution in [0.1, 0.15) is 25.3 Å². The van der Waals surface area contributed by atoms with E-state index in [2.05, 4.69) is 22.3 Å². The maximum atomic E-state index is 11.4. The Morgan fingerprint density at radius 3 is 2.42 bits per heavy atom. The van der Waals surface area contributed by atoms with Gasteiger partial charge in [0.15, 0.2) is 0 Å². The molecule has 1 heterocycles. The minimum atomic E-state index is -0.437. The van der Waals surface area contributed by atoms with Gasteiger partial charge in [-0.3, -0.25) is 14.5 Å². The lowest BCUT2D eigenvalue weighted by atomic mass is 9.77. The number of rotatable bonds is 5. The number of fused-ring (bicyclic) bond motifs is 1. The van der Waals surface area contributed by atoms with Crippen molar-refractivity contribution >= 4 is 12.4 Å². The third kappa shape index (κ3) is 6.54. The first-order valence-corrected chi connectivity index (χ1v) is 10.6. The number of hydrogen-bond donors (Lipinski definition) is 3. The van der Waals surface area contributed by atoms with Gasteiger partial charge in [-0.1, -0.05) is 30.3 Å². The molecule has 0 aromatic heterocycles. The predicted octanol–water partition coefficient (Wildman–Crippen LogP) is 2.89. The van der Waals surface area contributed by atoms with Gasteiger partial charge in [-0.2, -0.15) is 0 Å². The standard InChI is InChI=1S/C23H28N2O3.CH2O2/c1-16(26)24-22-11-18-14-25(15-19(18)12-23(22)27)13-17-6-5-9-21(10-17)28-20-7-3-2-4-8-20;2-1-3/h2-10,18-19,22-23,27H,11-15H2,1H3,(H,24,26);1H,(H,2,3)/t18-,19+,22-,23-;/m1./s1. The molecule has 7 heteroatoms. The first kappa shape index (κ1) is 22.8. The second-order valence-corrected chi connectivity index (χ2v) is 8.23. The van der Waals surface area contributed by atoms with Crippen LogP contribution in [0, 0.1) is 11.8 Å². The van der Waals surface area contributed by atoms with Crippen molar-refractivity contribution in [1.29, 1.82) is 0 Å². The maximum absolute atomic E-state index is 11.4. The number of carbonyl (C=O) groups is 2. The highest BCUT2D eigenvalue weighted by molar-refractivity contribution is 5.73. The molecule has 1 aliphatic heterocycles. The predicted molar refractivity (Wildman–Crippen MR) is 117 cm³/mol. The summed E-state index contributed by atoms with van der Waals surface area (Å²) in [4.78, 5) is 22.2. The number of hydrogen-bond acceptors (Lipinski definition) is 5. The smallest absolute Gasteiger partial charge is 0.290 e. The van der Waals surface area contributed by atoms with E-state index in [4.69, 9.17) is 14.6 Å². The Bertz CT molecular complexity index is 860. The Morgan fingerprint density at radius 2 is 1.74 bits per heavy atom. The zero-order chi connectivity index (χ0) is 22.2. The summed E-state index contributed by atoms with van der Waals surface area (Å²) in [5.74, 6) is 2.66. The van der Waals surface area contributed by atoms with Crippen molar-refractivity contribution in [1.82, 2.24) is 10.2 Å². The Labute approximate surface area is 182 Å². The lowest BCUT2D eigenvalue weighted by Gasteiger charge is -2.35. The van der Waals surface area contributed by atoms with Gasteiger partial charge in [-0.15, -0.1) is 0 Å². The van der Waals surface area contributed by atoms with Gasteiger partial charge in [0, 0.05) is 26.6 Å². The highest BCUT2D eigenvalue weighted by Crippen LogP contribution is 2.37. The number of para-hydroxylation sites is 1. The van der Waals surface area contributed by atoms with E-state index in [1.54, 1.807) is 0 Å². The van der Waals surface area contributed by atoms with E-state index in [9.17, 15) is 9.90 Å². The van der Waals surface area contributed by atoms with E-state index in [1.807, 2.05) is 42.5 Å². The molecular formula is C24H30N2O5. The van der Waals surface area contributed by atoms with Crippen molar-refractivity contribution in [3.05, 3.63) is 60.2 Å². The Morgan fingerprint density at radius 1 is 1.10 bits per heavy atom. The highest BCUT2D eigenvalue weighted by Gasteiger charge is 2.41. The van der Waals surface area contributed by atoms with Gasteiger partial charge in [-0.05, 0) is 54.5 Å². The molecule has 2 aliphatic rings. The molecule has 4 atom stereocenters. The van der Waals surface area contributed by atoms with Crippen molar-refractivity contribution < 1.29 is 24.5 Å². The molecule has 4 rings (SSSR count). The van der Waals surface area contributed by atoms with Crippen LogP contribution in [-0.2, 0) is 16.1 Å². The second kappa shape index (κ2) is 10.9. The molecule has 1 saturated carbocycles. The summed E-state index contributed by atoms with van der Waals surface area (Å²) >= 11 is 0. The molecule has 0 radical (unpaired) electrons. The minimum Gasteiger partial charge on any atom is -0.483 e. The van der Waals surface area contributed by atoms with E-state index in [0.717, 1.165) is 44.0 Å². The van der Waals surface area contributed by atoms with Gasteiger partial charge in [0.05, 0.1) is 12.1 Å². The highest BCUT2D eigenvalue weighted by atomic mass is 16.5. The number of benzene rings is 2. The fraction of sp³-hybridized carbons (Fsp3) is 0.417. The van der Waals surface area contributed by atoms with Crippen LogP contribution in [0.4, 0.5) is 0 Å². The van der Waals surface area contributed by atoms with E-state index in [1.165, 1.54) is 12.5 Å². The summed E-state index contributed by atoms with van der Waals surface area (Å²) < 4.78 is 5.95. The van der Waals surface area contributed by atoms with Crippen LogP contribution >= 0.6 is 0 Å². The van der Waals surface area contributed by atoms with Crippen molar-refractivity contribution in [2.75, 3.05) is 13.1 Å². The average Bonchev–Trinajstić information content (AvgIpc) is 3.10. The quantitative estimate of drug-likeness (QED) is 0.636. The number of likely N-dealkylation sites (tertiary alicyclic amines) is 1. The molecule has 0 spiro atoms. The van der Waals surface area contributed by atoms with Crippen molar-refractivity contribution in [3.63, 3.8) is 0 Å². The van der Waals surface area contributed by atoms with Crippen LogP contribution < -0.4 is 10.1 Å². The van der Waals surface area contributed by atoms with Crippen LogP contribution in [0.25, 0.3) is 0 Å². The van der Waals surface area contributed by atoms with E-state index >= 15 is 0 Å². The number of carbonyl (C=O) groups excluding carboxylic acids is 1. The van der Waals surface area contributed by atoms with Crippen molar-refractivity contribution in [2.45, 2.75) is 38.5 Å². The van der Waals surface area contributed by atoms with Gasteiger partial charge in [0.25, 0.3) is 6.47 Å². The fourth-order valence-electron chi connectivity index (χ4n) is 4.66. The fourth-order valence-corrected chi connectivity index (χ4v) is 4.66. The summed E-state index contributed by atoms with van der Waals surface area (Å²) in [6, 6.07) is 18.0. The number of aliphatic hydroxyl groups excluding tert-OH is 1. The van der Waals surface area contributed by atoms with Crippen molar-refractivity contribution in [2.24, 2.45) is 11.8 Å². The molecule has 7 nitrogen and oxygen atoms in total. The lowest BCUT2D eigenvalue weighted by Crippen LogP contribution is -2.48. The first-order chi connectivity index (χ1) is 15.0. The molecule has 3 N–H and O–H groups in total. The Balaban J connectivity index is 0.000000858. The topological polar surface area (TPSA) is 99.1 Å². The average molecular weight is 427 g/mol. The Kier molecular flexibility index (Phi) is 8.03. The van der Waals surface area contributed by atoms with Gasteiger partial charge in [0.1, 0.15) is 11.5 Å². The summed E-state index contributed by atoms with van der Waals surface area (Å²) in [6.07, 6.45) is 1.19. The molecular weight excluding hydrogens is 396 g/mol. The maximum Gasteiger partial charge on any atom is 0.290 e. The third-order valence-corrected chi connectivity index (χ3v) is 5.89. The number of carboxylic acid groups (broad SMARTS) is 1. The number of nitrogens with one attached hydrogen (secondary N) is 1. The normalized spacial score (nSPS) is 25.0. The molecule has 1 saturated heterocycles. The summed E-state index contributed by atoms with van der Waals surface area (Å²) in [5, 5.41) is 20.2.